The fourth-order valence-corrected chi connectivity index (χ4v) is 4.44. The molecular weight excluding hydrogens is 444 g/mol. The van der Waals surface area contributed by atoms with E-state index in [1.54, 1.807) is 0 Å². The molecule has 0 bridgehead atoms. The van der Waals surface area contributed by atoms with Crippen molar-refractivity contribution < 1.29 is 14.0 Å². The second-order valence-corrected chi connectivity index (χ2v) is 8.54. The van der Waals surface area contributed by atoms with Gasteiger partial charge in [0.25, 0.3) is 0 Å². The Morgan fingerprint density at radius 1 is 1.13 bits per heavy atom. The number of furan rings is 1. The standard InChI is InChI=1S/C24H23BrN2O3/c1-14-3-7-18(19(25)11-14)24(21-9-4-15(2)30-21)27-23(29)13-16-5-8-20-17(12-16)6-10-22(28)26-20/h3-5,7-9,11-12,24H,6,10,13H2,1-2H3,(H,26,28)(H,27,29). The molecule has 0 fully saturated rings. The van der Waals surface area contributed by atoms with Crippen LogP contribution in [0.15, 0.2) is 57.4 Å². The number of rotatable bonds is 5. The number of hydrogen-bond donors (Lipinski definition) is 2. The molecule has 2 heterocycles. The van der Waals surface area contributed by atoms with E-state index in [9.17, 15) is 9.59 Å². The molecule has 0 aliphatic carbocycles. The van der Waals surface area contributed by atoms with Crippen LogP contribution in [0.1, 0.15) is 46.2 Å². The highest BCUT2D eigenvalue weighted by Crippen LogP contribution is 2.31. The minimum absolute atomic E-state index is 0.0354. The van der Waals surface area contributed by atoms with Gasteiger partial charge in [0.05, 0.1) is 6.42 Å². The van der Waals surface area contributed by atoms with Crippen molar-refractivity contribution in [2.45, 2.75) is 39.2 Å². The Kier molecular flexibility index (Phi) is 5.77. The van der Waals surface area contributed by atoms with E-state index < -0.39 is 6.04 Å². The van der Waals surface area contributed by atoms with E-state index in [0.717, 1.165) is 38.2 Å². The third kappa shape index (κ3) is 4.49. The quantitative estimate of drug-likeness (QED) is 0.556. The maximum atomic E-state index is 12.9. The summed E-state index contributed by atoms with van der Waals surface area (Å²) in [7, 11) is 0. The average molecular weight is 467 g/mol. The minimum atomic E-state index is -0.391. The van der Waals surface area contributed by atoms with Gasteiger partial charge in [0.2, 0.25) is 11.8 Å². The van der Waals surface area contributed by atoms with Crippen molar-refractivity contribution in [2.24, 2.45) is 0 Å². The van der Waals surface area contributed by atoms with Crippen LogP contribution in [0.5, 0.6) is 0 Å². The van der Waals surface area contributed by atoms with Gasteiger partial charge in [-0.2, -0.15) is 0 Å². The lowest BCUT2D eigenvalue weighted by molar-refractivity contribution is -0.121. The normalized spacial score (nSPS) is 14.0. The molecule has 3 aromatic rings. The average Bonchev–Trinajstić information content (AvgIpc) is 3.13. The van der Waals surface area contributed by atoms with Gasteiger partial charge in [0.15, 0.2) is 0 Å². The Balaban J connectivity index is 1.56. The molecular formula is C24H23BrN2O3. The summed E-state index contributed by atoms with van der Waals surface area (Å²) in [6.07, 6.45) is 1.42. The molecule has 1 aliphatic heterocycles. The zero-order valence-corrected chi connectivity index (χ0v) is 18.5. The van der Waals surface area contributed by atoms with Crippen molar-refractivity contribution in [3.05, 3.63) is 86.8 Å². The zero-order valence-electron chi connectivity index (χ0n) is 16.9. The van der Waals surface area contributed by atoms with Gasteiger partial charge in [-0.3, -0.25) is 9.59 Å². The molecule has 4 rings (SSSR count). The molecule has 0 saturated carbocycles. The molecule has 0 spiro atoms. The van der Waals surface area contributed by atoms with Crippen LogP contribution in [0, 0.1) is 13.8 Å². The van der Waals surface area contributed by atoms with Crippen LogP contribution in [0.3, 0.4) is 0 Å². The van der Waals surface area contributed by atoms with Gasteiger partial charge in [-0.15, -0.1) is 0 Å². The highest BCUT2D eigenvalue weighted by atomic mass is 79.9. The summed E-state index contributed by atoms with van der Waals surface area (Å²) >= 11 is 3.63. The van der Waals surface area contributed by atoms with Crippen LogP contribution in [-0.2, 0) is 22.4 Å². The van der Waals surface area contributed by atoms with Crippen molar-refractivity contribution in [2.75, 3.05) is 5.32 Å². The molecule has 2 N–H and O–H groups in total. The predicted molar refractivity (Wildman–Crippen MR) is 119 cm³/mol. The number of halogens is 1. The number of aryl methyl sites for hydroxylation is 3. The van der Waals surface area contributed by atoms with E-state index >= 15 is 0 Å². The largest absolute Gasteiger partial charge is 0.464 e. The number of hydrogen-bond acceptors (Lipinski definition) is 3. The van der Waals surface area contributed by atoms with Crippen molar-refractivity contribution >= 4 is 33.4 Å². The number of carbonyl (C=O) groups is 2. The van der Waals surface area contributed by atoms with E-state index in [2.05, 4.69) is 26.6 Å². The molecule has 5 nitrogen and oxygen atoms in total. The number of fused-ring (bicyclic) bond motifs is 1. The van der Waals surface area contributed by atoms with Gasteiger partial charge >= 0.3 is 0 Å². The van der Waals surface area contributed by atoms with E-state index in [1.807, 2.05) is 62.4 Å². The first kappa shape index (κ1) is 20.4. The van der Waals surface area contributed by atoms with E-state index in [4.69, 9.17) is 4.42 Å². The topological polar surface area (TPSA) is 71.3 Å². The van der Waals surface area contributed by atoms with Gasteiger partial charge in [-0.25, -0.2) is 0 Å². The van der Waals surface area contributed by atoms with Crippen molar-refractivity contribution in [1.82, 2.24) is 5.32 Å². The highest BCUT2D eigenvalue weighted by molar-refractivity contribution is 9.10. The van der Waals surface area contributed by atoms with Crippen LogP contribution in [0.4, 0.5) is 5.69 Å². The van der Waals surface area contributed by atoms with Gasteiger partial charge in [-0.1, -0.05) is 40.2 Å². The van der Waals surface area contributed by atoms with Gasteiger partial charge in [0, 0.05) is 16.6 Å². The second kappa shape index (κ2) is 8.48. The highest BCUT2D eigenvalue weighted by Gasteiger charge is 2.23. The van der Waals surface area contributed by atoms with Gasteiger partial charge in [0.1, 0.15) is 17.6 Å². The summed E-state index contributed by atoms with van der Waals surface area (Å²) in [6.45, 7) is 3.91. The molecule has 2 aromatic carbocycles. The van der Waals surface area contributed by atoms with E-state index in [0.29, 0.717) is 18.6 Å². The monoisotopic (exact) mass is 466 g/mol. The number of carbonyl (C=O) groups excluding carboxylic acids is 2. The first-order valence-electron chi connectivity index (χ1n) is 9.92. The smallest absolute Gasteiger partial charge is 0.225 e. The lowest BCUT2D eigenvalue weighted by Crippen LogP contribution is -2.30. The molecule has 2 amide bonds. The lowest BCUT2D eigenvalue weighted by atomic mass is 9.98. The molecule has 0 radical (unpaired) electrons. The maximum Gasteiger partial charge on any atom is 0.225 e. The lowest BCUT2D eigenvalue weighted by Gasteiger charge is -2.20. The Hall–Kier alpha value is -2.86. The van der Waals surface area contributed by atoms with Gasteiger partial charge < -0.3 is 15.1 Å². The summed E-state index contributed by atoms with van der Waals surface area (Å²) in [6, 6.07) is 15.2. The van der Waals surface area contributed by atoms with Crippen LogP contribution in [0.25, 0.3) is 0 Å². The fraction of sp³-hybridized carbons (Fsp3) is 0.250. The second-order valence-electron chi connectivity index (χ2n) is 7.69. The van der Waals surface area contributed by atoms with Crippen LogP contribution in [0.2, 0.25) is 0 Å². The molecule has 1 aliphatic rings. The molecule has 30 heavy (non-hydrogen) atoms. The summed E-state index contributed by atoms with van der Waals surface area (Å²) in [4.78, 5) is 24.5. The maximum absolute atomic E-state index is 12.9. The van der Waals surface area contributed by atoms with E-state index in [-0.39, 0.29) is 18.2 Å². The van der Waals surface area contributed by atoms with Crippen molar-refractivity contribution in [3.8, 4) is 0 Å². The molecule has 0 saturated heterocycles. The SMILES string of the molecule is Cc1ccc(C(NC(=O)Cc2ccc3c(c2)CCC(=O)N3)c2ccc(C)o2)c(Br)c1. The van der Waals surface area contributed by atoms with Crippen LogP contribution >= 0.6 is 15.9 Å². The van der Waals surface area contributed by atoms with E-state index in [1.165, 1.54) is 0 Å². The minimum Gasteiger partial charge on any atom is -0.464 e. The summed E-state index contributed by atoms with van der Waals surface area (Å²) in [5.74, 6) is 1.43. The summed E-state index contributed by atoms with van der Waals surface area (Å²) < 4.78 is 6.77. The Morgan fingerprint density at radius 3 is 2.70 bits per heavy atom. The third-order valence-electron chi connectivity index (χ3n) is 5.25. The third-order valence-corrected chi connectivity index (χ3v) is 5.93. The molecule has 1 atom stereocenters. The predicted octanol–water partition coefficient (Wildman–Crippen LogP) is 4.99. The zero-order chi connectivity index (χ0) is 21.3. The number of benzene rings is 2. The van der Waals surface area contributed by atoms with Gasteiger partial charge in [-0.05, 0) is 66.8 Å². The Bertz CT molecular complexity index is 1120. The fourth-order valence-electron chi connectivity index (χ4n) is 3.72. The Morgan fingerprint density at radius 2 is 1.97 bits per heavy atom. The molecule has 154 valence electrons. The van der Waals surface area contributed by atoms with Crippen LogP contribution in [-0.4, -0.2) is 11.8 Å². The summed E-state index contributed by atoms with van der Waals surface area (Å²) in [5, 5.41) is 6.00. The summed E-state index contributed by atoms with van der Waals surface area (Å²) in [5.41, 5.74) is 4.89. The number of nitrogens with one attached hydrogen (secondary N) is 2. The first-order chi connectivity index (χ1) is 14.4. The molecule has 6 heteroatoms. The van der Waals surface area contributed by atoms with Crippen molar-refractivity contribution in [1.29, 1.82) is 0 Å². The molecule has 1 aromatic heterocycles. The van der Waals surface area contributed by atoms with Crippen molar-refractivity contribution in [3.63, 3.8) is 0 Å². The number of anilines is 1. The first-order valence-corrected chi connectivity index (χ1v) is 10.7. The van der Waals surface area contributed by atoms with Crippen LogP contribution < -0.4 is 10.6 Å². The Labute approximate surface area is 184 Å². The molecule has 1 unspecified atom stereocenters. The number of amides is 2.